The van der Waals surface area contributed by atoms with Crippen LogP contribution < -0.4 is 5.32 Å². The molecule has 2 heterocycles. The van der Waals surface area contributed by atoms with Crippen LogP contribution in [0, 0.1) is 5.82 Å². The highest BCUT2D eigenvalue weighted by molar-refractivity contribution is 7.91. The summed E-state index contributed by atoms with van der Waals surface area (Å²) in [5.41, 5.74) is 0.983. The molecular weight excluding hydrogens is 361 g/mol. The number of rotatable bonds is 5. The minimum atomic E-state index is -3.15. The fourth-order valence-electron chi connectivity index (χ4n) is 3.10. The lowest BCUT2D eigenvalue weighted by atomic mass is 10.1. The molecule has 0 saturated carbocycles. The van der Waals surface area contributed by atoms with Crippen molar-refractivity contribution in [3.8, 4) is 0 Å². The van der Waals surface area contributed by atoms with Crippen molar-refractivity contribution in [3.63, 3.8) is 0 Å². The van der Waals surface area contributed by atoms with E-state index in [1.807, 2.05) is 0 Å². The molecule has 1 atom stereocenters. The van der Waals surface area contributed by atoms with Crippen molar-refractivity contribution >= 4 is 27.4 Å². The number of hydrogen-bond donors (Lipinski definition) is 1. The summed E-state index contributed by atoms with van der Waals surface area (Å²) in [6.07, 6.45) is 1.17. The number of benzene rings is 1. The summed E-state index contributed by atoms with van der Waals surface area (Å²) in [6.45, 7) is 0.313. The Hall–Kier alpha value is -2.29. The van der Waals surface area contributed by atoms with Gasteiger partial charge in [0.2, 0.25) is 5.91 Å². The minimum absolute atomic E-state index is 0.0339. The van der Waals surface area contributed by atoms with E-state index in [-0.39, 0.29) is 47.7 Å². The van der Waals surface area contributed by atoms with Crippen molar-refractivity contribution in [2.75, 3.05) is 18.1 Å². The van der Waals surface area contributed by atoms with Gasteiger partial charge in [-0.1, -0.05) is 12.1 Å². The molecule has 9 heteroatoms. The number of nitrogens with zero attached hydrogens (tertiary/aromatic N) is 2. The molecule has 0 aromatic heterocycles. The first-order valence-corrected chi connectivity index (χ1v) is 10.3. The van der Waals surface area contributed by atoms with E-state index in [4.69, 9.17) is 0 Å². The van der Waals surface area contributed by atoms with E-state index < -0.39 is 15.9 Å². The molecule has 140 valence electrons. The molecule has 1 N–H and O–H groups in total. The number of nitrogens with one attached hydrogen (secondary N) is 1. The van der Waals surface area contributed by atoms with Gasteiger partial charge in [-0.25, -0.2) is 17.8 Å². The van der Waals surface area contributed by atoms with Crippen molar-refractivity contribution in [1.82, 2.24) is 10.3 Å². The largest absolute Gasteiger partial charge is 0.351 e. The number of halogens is 1. The summed E-state index contributed by atoms with van der Waals surface area (Å²) < 4.78 is 36.4. The fourth-order valence-corrected chi connectivity index (χ4v) is 4.80. The van der Waals surface area contributed by atoms with Crippen LogP contribution in [0.3, 0.4) is 0 Å². The van der Waals surface area contributed by atoms with Gasteiger partial charge in [0.25, 0.3) is 5.91 Å². The molecule has 0 aliphatic carbocycles. The molecule has 7 nitrogen and oxygen atoms in total. The Bertz CT molecular complexity index is 853. The summed E-state index contributed by atoms with van der Waals surface area (Å²) in [6, 6.07) is 5.65. The Morgan fingerprint density at radius 2 is 2.15 bits per heavy atom. The topological polar surface area (TPSA) is 95.9 Å². The Labute approximate surface area is 151 Å². The highest BCUT2D eigenvalue weighted by Gasteiger charge is 2.37. The van der Waals surface area contributed by atoms with Gasteiger partial charge in [-0.3, -0.25) is 9.59 Å². The lowest BCUT2D eigenvalue weighted by molar-refractivity contribution is -0.133. The third kappa shape index (κ3) is 4.46. The van der Waals surface area contributed by atoms with Gasteiger partial charge in [-0.15, -0.1) is 0 Å². The van der Waals surface area contributed by atoms with E-state index in [0.29, 0.717) is 19.4 Å². The van der Waals surface area contributed by atoms with E-state index in [2.05, 4.69) is 10.4 Å². The van der Waals surface area contributed by atoms with E-state index >= 15 is 0 Å². The first-order valence-electron chi connectivity index (χ1n) is 8.47. The lowest BCUT2D eigenvalue weighted by Gasteiger charge is -2.27. The average molecular weight is 381 g/mol. The van der Waals surface area contributed by atoms with E-state index in [1.54, 1.807) is 12.1 Å². The summed E-state index contributed by atoms with van der Waals surface area (Å²) in [5.74, 6) is -1.06. The number of hydrogen-bond acceptors (Lipinski definition) is 5. The van der Waals surface area contributed by atoms with Gasteiger partial charge < -0.3 is 5.32 Å². The molecule has 1 fully saturated rings. The number of carbonyl (C=O) groups is 2. The van der Waals surface area contributed by atoms with Gasteiger partial charge in [0.15, 0.2) is 9.84 Å². The zero-order chi connectivity index (χ0) is 18.7. The second-order valence-electron chi connectivity index (χ2n) is 6.48. The number of hydrazone groups is 1. The first kappa shape index (κ1) is 18.5. The van der Waals surface area contributed by atoms with E-state index in [9.17, 15) is 22.4 Å². The van der Waals surface area contributed by atoms with Crippen LogP contribution in [0.2, 0.25) is 0 Å². The molecule has 1 aromatic rings. The highest BCUT2D eigenvalue weighted by Crippen LogP contribution is 2.22. The van der Waals surface area contributed by atoms with Crippen molar-refractivity contribution in [2.45, 2.75) is 31.7 Å². The van der Waals surface area contributed by atoms with Crippen LogP contribution in [0.1, 0.15) is 24.8 Å². The molecular formula is C17H20FN3O4S. The Kier molecular flexibility index (Phi) is 5.36. The second kappa shape index (κ2) is 7.53. The smallest absolute Gasteiger partial charge is 0.267 e. The Balaban J connectivity index is 1.59. The summed E-state index contributed by atoms with van der Waals surface area (Å²) >= 11 is 0. The van der Waals surface area contributed by atoms with Crippen molar-refractivity contribution in [1.29, 1.82) is 0 Å². The van der Waals surface area contributed by atoms with E-state index in [0.717, 1.165) is 10.6 Å². The van der Waals surface area contributed by atoms with Crippen molar-refractivity contribution < 1.29 is 22.4 Å². The standard InChI is InChI=1S/C17H20FN3O4S/c18-13-3-1-2-12(10-13)6-8-19-17(23)15-4-5-16(22)21(20-15)14-7-9-26(24,25)11-14/h1-3,10,14H,4-9,11H2,(H,19,23)/t14-/m0/s1. The fraction of sp³-hybridized carbons (Fsp3) is 0.471. The monoisotopic (exact) mass is 381 g/mol. The number of amides is 2. The van der Waals surface area contributed by atoms with Crippen LogP contribution in [0.5, 0.6) is 0 Å². The average Bonchev–Trinajstić information content (AvgIpc) is 2.95. The predicted molar refractivity (Wildman–Crippen MR) is 93.7 cm³/mol. The molecule has 1 aromatic carbocycles. The maximum absolute atomic E-state index is 13.1. The maximum Gasteiger partial charge on any atom is 0.267 e. The highest BCUT2D eigenvalue weighted by atomic mass is 32.2. The van der Waals surface area contributed by atoms with E-state index in [1.165, 1.54) is 12.1 Å². The molecule has 26 heavy (non-hydrogen) atoms. The first-order chi connectivity index (χ1) is 12.3. The third-order valence-electron chi connectivity index (χ3n) is 4.46. The SMILES string of the molecule is O=C(NCCc1cccc(F)c1)C1=NN([C@H]2CCS(=O)(=O)C2)C(=O)CC1. The molecule has 1 saturated heterocycles. The Morgan fingerprint density at radius 3 is 2.85 bits per heavy atom. The summed E-state index contributed by atoms with van der Waals surface area (Å²) in [4.78, 5) is 24.3. The number of sulfone groups is 1. The van der Waals surface area contributed by atoms with Crippen LogP contribution in [0.25, 0.3) is 0 Å². The van der Waals surface area contributed by atoms with Crippen LogP contribution in [0.15, 0.2) is 29.4 Å². The summed E-state index contributed by atoms with van der Waals surface area (Å²) in [5, 5.41) is 7.99. The molecule has 0 unspecified atom stereocenters. The van der Waals surface area contributed by atoms with Gasteiger partial charge >= 0.3 is 0 Å². The predicted octanol–water partition coefficient (Wildman–Crippen LogP) is 0.650. The third-order valence-corrected chi connectivity index (χ3v) is 6.21. The van der Waals surface area contributed by atoms with Crippen molar-refractivity contribution in [3.05, 3.63) is 35.6 Å². The molecule has 2 aliphatic heterocycles. The maximum atomic E-state index is 13.1. The van der Waals surface area contributed by atoms with Crippen LogP contribution in [-0.4, -0.2) is 55.0 Å². The van der Waals surface area contributed by atoms with Crippen LogP contribution >= 0.6 is 0 Å². The Morgan fingerprint density at radius 1 is 1.35 bits per heavy atom. The quantitative estimate of drug-likeness (QED) is 0.810. The molecule has 2 amide bonds. The molecule has 2 aliphatic rings. The van der Waals surface area contributed by atoms with Gasteiger partial charge in [-0.05, 0) is 30.5 Å². The molecule has 0 spiro atoms. The van der Waals surface area contributed by atoms with Crippen LogP contribution in [-0.2, 0) is 25.8 Å². The van der Waals surface area contributed by atoms with Gasteiger partial charge in [-0.2, -0.15) is 5.10 Å². The second-order valence-corrected chi connectivity index (χ2v) is 8.71. The van der Waals surface area contributed by atoms with Gasteiger partial charge in [0, 0.05) is 19.4 Å². The molecule has 0 radical (unpaired) electrons. The van der Waals surface area contributed by atoms with Crippen molar-refractivity contribution in [2.24, 2.45) is 5.10 Å². The van der Waals surface area contributed by atoms with Crippen LogP contribution in [0.4, 0.5) is 4.39 Å². The zero-order valence-corrected chi connectivity index (χ0v) is 15.0. The zero-order valence-electron chi connectivity index (χ0n) is 14.2. The molecule has 0 bridgehead atoms. The normalized spacial score (nSPS) is 22.2. The summed E-state index contributed by atoms with van der Waals surface area (Å²) in [7, 11) is -3.15. The number of carbonyl (C=O) groups excluding carboxylic acids is 2. The molecule has 3 rings (SSSR count). The minimum Gasteiger partial charge on any atom is -0.351 e. The van der Waals surface area contributed by atoms with Gasteiger partial charge in [0.05, 0.1) is 17.5 Å². The lowest BCUT2D eigenvalue weighted by Crippen LogP contribution is -2.44. The van der Waals surface area contributed by atoms with Gasteiger partial charge in [0.1, 0.15) is 11.5 Å².